The lowest BCUT2D eigenvalue weighted by molar-refractivity contribution is -0.102. The molecule has 8 nitrogen and oxygen atoms in total. The van der Waals surface area contributed by atoms with E-state index in [0.717, 1.165) is 16.4 Å². The highest BCUT2D eigenvalue weighted by Gasteiger charge is 2.21. The van der Waals surface area contributed by atoms with Crippen molar-refractivity contribution in [2.75, 3.05) is 7.11 Å². The minimum Gasteiger partial charge on any atom is -0.505 e. The van der Waals surface area contributed by atoms with E-state index in [1.807, 2.05) is 54.6 Å². The number of aromatic hydroxyl groups is 1. The third kappa shape index (κ3) is 5.66. The minimum atomic E-state index is -0.531. The van der Waals surface area contributed by atoms with Gasteiger partial charge in [0.15, 0.2) is 5.75 Å². The molecule has 0 aliphatic carbocycles. The number of carbonyl (C=O) groups excluding carboxylic acids is 1. The van der Waals surface area contributed by atoms with E-state index in [0.29, 0.717) is 11.4 Å². The van der Waals surface area contributed by atoms with Gasteiger partial charge in [-0.3, -0.25) is 9.63 Å². The lowest BCUT2D eigenvalue weighted by Crippen LogP contribution is -2.30. The molecule has 1 amide bonds. The van der Waals surface area contributed by atoms with Gasteiger partial charge in [0.05, 0.1) is 29.4 Å². The van der Waals surface area contributed by atoms with E-state index in [2.05, 4.69) is 10.1 Å². The smallest absolute Gasteiger partial charge is 0.317 e. The summed E-state index contributed by atoms with van der Waals surface area (Å²) in [7, 11) is 1.39. The number of hydrogen-bond acceptors (Lipinski definition) is 6. The molecule has 0 saturated heterocycles. The Labute approximate surface area is 206 Å². The zero-order valence-corrected chi connectivity index (χ0v) is 18.9. The van der Waals surface area contributed by atoms with Crippen molar-refractivity contribution in [2.24, 2.45) is 0 Å². The number of nitrogens with zero attached hydrogens (tertiary/aromatic N) is 4. The number of phenolic OH excluding ortho intramolecular Hbond substituents is 1. The number of phenols is 1. The summed E-state index contributed by atoms with van der Waals surface area (Å²) >= 11 is 11.9. The Morgan fingerprint density at radius 1 is 1.03 bits per heavy atom. The quantitative estimate of drug-likeness (QED) is 0.317. The van der Waals surface area contributed by atoms with Gasteiger partial charge in [-0.15, -0.1) is 5.10 Å². The van der Waals surface area contributed by atoms with Gasteiger partial charge in [-0.1, -0.05) is 61.0 Å². The number of halogens is 2. The zero-order valence-electron chi connectivity index (χ0n) is 17.4. The summed E-state index contributed by atoms with van der Waals surface area (Å²) in [6.45, 7) is 0.173. The van der Waals surface area contributed by atoms with E-state index in [9.17, 15) is 9.90 Å². The molecule has 0 aliphatic rings. The van der Waals surface area contributed by atoms with Crippen LogP contribution >= 0.6 is 23.2 Å². The number of ether oxygens (including phenoxy) is 1. The van der Waals surface area contributed by atoms with Crippen molar-refractivity contribution in [3.05, 3.63) is 94.5 Å². The van der Waals surface area contributed by atoms with Crippen molar-refractivity contribution in [1.82, 2.24) is 19.8 Å². The van der Waals surface area contributed by atoms with Crippen LogP contribution in [0.4, 0.5) is 0 Å². The van der Waals surface area contributed by atoms with Gasteiger partial charge in [0.1, 0.15) is 17.8 Å². The van der Waals surface area contributed by atoms with Crippen LogP contribution in [0.1, 0.15) is 23.6 Å². The summed E-state index contributed by atoms with van der Waals surface area (Å²) in [5.41, 5.74) is 1.26. The second kappa shape index (κ2) is 11.0. The van der Waals surface area contributed by atoms with E-state index in [-0.39, 0.29) is 35.6 Å². The molecule has 0 aliphatic heterocycles. The van der Waals surface area contributed by atoms with Gasteiger partial charge in [0.25, 0.3) is 0 Å². The van der Waals surface area contributed by atoms with Crippen molar-refractivity contribution in [2.45, 2.75) is 14.0 Å². The standard InChI is InChI=1S/C23H18Cl2N4O4.CH4/c1-32-29(13-15-7-9-18(10-8-15)33-17-5-3-2-4-6-17)23(31)22-26-14-28(27-22)16-11-19(24)21(30)20(25)12-16;/h2-12,14,30H,13H2,1H3;1H4. The van der Waals surface area contributed by atoms with Crippen molar-refractivity contribution >= 4 is 29.1 Å². The molecule has 3 aromatic carbocycles. The summed E-state index contributed by atoms with van der Waals surface area (Å²) in [5.74, 6) is 0.561. The van der Waals surface area contributed by atoms with Crippen LogP contribution in [-0.2, 0) is 11.4 Å². The van der Waals surface area contributed by atoms with Crippen LogP contribution in [0.3, 0.4) is 0 Å². The van der Waals surface area contributed by atoms with Crippen LogP contribution in [-0.4, -0.2) is 38.0 Å². The third-order valence-corrected chi connectivity index (χ3v) is 5.20. The average molecular weight is 501 g/mol. The lowest BCUT2D eigenvalue weighted by Gasteiger charge is -2.18. The number of amides is 1. The molecule has 1 heterocycles. The second-order valence-electron chi connectivity index (χ2n) is 6.85. The van der Waals surface area contributed by atoms with Crippen molar-refractivity contribution < 1.29 is 19.5 Å². The zero-order chi connectivity index (χ0) is 23.4. The van der Waals surface area contributed by atoms with Gasteiger partial charge in [-0.25, -0.2) is 14.7 Å². The fourth-order valence-corrected chi connectivity index (χ4v) is 3.43. The van der Waals surface area contributed by atoms with Crippen LogP contribution < -0.4 is 4.74 Å². The fraction of sp³-hybridized carbons (Fsp3) is 0.125. The van der Waals surface area contributed by atoms with E-state index >= 15 is 0 Å². The lowest BCUT2D eigenvalue weighted by atomic mass is 10.2. The van der Waals surface area contributed by atoms with Crippen LogP contribution in [0.25, 0.3) is 5.69 Å². The largest absolute Gasteiger partial charge is 0.505 e. The first-order chi connectivity index (χ1) is 15.9. The predicted molar refractivity (Wildman–Crippen MR) is 130 cm³/mol. The van der Waals surface area contributed by atoms with Crippen LogP contribution in [0, 0.1) is 0 Å². The Hall–Kier alpha value is -3.59. The number of hydroxylamine groups is 2. The van der Waals surface area contributed by atoms with E-state index < -0.39 is 5.91 Å². The summed E-state index contributed by atoms with van der Waals surface area (Å²) < 4.78 is 7.11. The molecule has 4 aromatic rings. The molecule has 176 valence electrons. The molecule has 0 spiro atoms. The first-order valence-corrected chi connectivity index (χ1v) is 10.5. The molecular formula is C24H22Cl2N4O4. The van der Waals surface area contributed by atoms with E-state index in [4.69, 9.17) is 32.8 Å². The first-order valence-electron chi connectivity index (χ1n) is 9.72. The van der Waals surface area contributed by atoms with Gasteiger partial charge in [-0.05, 0) is 42.0 Å². The minimum absolute atomic E-state index is 0. The van der Waals surface area contributed by atoms with E-state index in [1.165, 1.54) is 30.3 Å². The van der Waals surface area contributed by atoms with Crippen LogP contribution in [0.15, 0.2) is 73.1 Å². The molecule has 0 radical (unpaired) electrons. The molecule has 0 fully saturated rings. The topological polar surface area (TPSA) is 89.7 Å². The summed E-state index contributed by atoms with van der Waals surface area (Å²) in [6.07, 6.45) is 1.34. The molecule has 10 heteroatoms. The Morgan fingerprint density at radius 3 is 2.26 bits per heavy atom. The Bertz CT molecular complexity index is 1240. The van der Waals surface area contributed by atoms with Gasteiger partial charge in [-0.2, -0.15) is 0 Å². The highest BCUT2D eigenvalue weighted by Crippen LogP contribution is 2.33. The maximum absolute atomic E-state index is 12.9. The number of carbonyl (C=O) groups is 1. The number of aromatic nitrogens is 3. The molecule has 0 bridgehead atoms. The highest BCUT2D eigenvalue weighted by molar-refractivity contribution is 6.37. The molecule has 34 heavy (non-hydrogen) atoms. The maximum atomic E-state index is 12.9. The highest BCUT2D eigenvalue weighted by atomic mass is 35.5. The normalized spacial score (nSPS) is 10.4. The summed E-state index contributed by atoms with van der Waals surface area (Å²) in [4.78, 5) is 22.2. The van der Waals surface area contributed by atoms with Gasteiger partial charge in [0, 0.05) is 0 Å². The molecule has 4 rings (SSSR count). The van der Waals surface area contributed by atoms with Crippen molar-refractivity contribution in [3.63, 3.8) is 0 Å². The van der Waals surface area contributed by atoms with Gasteiger partial charge in [0.2, 0.25) is 5.82 Å². The first kappa shape index (κ1) is 25.0. The van der Waals surface area contributed by atoms with Crippen molar-refractivity contribution in [3.8, 4) is 22.9 Å². The van der Waals surface area contributed by atoms with Crippen LogP contribution in [0.2, 0.25) is 10.0 Å². The molecule has 0 unspecified atom stereocenters. The molecule has 0 atom stereocenters. The number of hydrogen-bond donors (Lipinski definition) is 1. The van der Waals surface area contributed by atoms with Crippen LogP contribution in [0.5, 0.6) is 17.2 Å². The Morgan fingerprint density at radius 2 is 1.65 bits per heavy atom. The Kier molecular flexibility index (Phi) is 8.12. The molecule has 0 saturated carbocycles. The number of rotatable bonds is 7. The molecular weight excluding hydrogens is 479 g/mol. The predicted octanol–water partition coefficient (Wildman–Crippen LogP) is 5.91. The number of benzene rings is 3. The van der Waals surface area contributed by atoms with Crippen molar-refractivity contribution in [1.29, 1.82) is 0 Å². The van der Waals surface area contributed by atoms with Gasteiger partial charge >= 0.3 is 5.91 Å². The third-order valence-electron chi connectivity index (χ3n) is 4.62. The fourth-order valence-electron chi connectivity index (χ4n) is 2.95. The molecule has 1 N–H and O–H groups in total. The monoisotopic (exact) mass is 500 g/mol. The Balaban J connectivity index is 0.00000324. The van der Waals surface area contributed by atoms with Gasteiger partial charge < -0.3 is 9.84 Å². The summed E-state index contributed by atoms with van der Waals surface area (Å²) in [6, 6.07) is 19.7. The maximum Gasteiger partial charge on any atom is 0.317 e. The molecule has 1 aromatic heterocycles. The number of para-hydroxylation sites is 1. The van der Waals surface area contributed by atoms with E-state index in [1.54, 1.807) is 0 Å². The summed E-state index contributed by atoms with van der Waals surface area (Å²) in [5, 5.41) is 15.1. The SMILES string of the molecule is C.CON(Cc1ccc(Oc2ccccc2)cc1)C(=O)c1ncn(-c2cc(Cl)c(O)c(Cl)c2)n1. The second-order valence-corrected chi connectivity index (χ2v) is 7.67. The average Bonchev–Trinajstić information content (AvgIpc) is 3.32.